The summed E-state index contributed by atoms with van der Waals surface area (Å²) in [4.78, 5) is 32.6. The fourth-order valence-electron chi connectivity index (χ4n) is 4.62. The van der Waals surface area contributed by atoms with Crippen LogP contribution in [0.1, 0.15) is 39.2 Å². The number of rotatable bonds is 8. The zero-order chi connectivity index (χ0) is 21.9. The van der Waals surface area contributed by atoms with Gasteiger partial charge in [-0.05, 0) is 43.4 Å². The Morgan fingerprint density at radius 3 is 2.20 bits per heavy atom. The summed E-state index contributed by atoms with van der Waals surface area (Å²) in [6.45, 7) is 9.45. The summed E-state index contributed by atoms with van der Waals surface area (Å²) in [7, 11) is 3.33. The largest absolute Gasteiger partial charge is 0.497 e. The molecule has 1 aromatic rings. The van der Waals surface area contributed by atoms with Crippen molar-refractivity contribution in [1.29, 1.82) is 0 Å². The molecule has 1 spiro atoms. The maximum absolute atomic E-state index is 13.6. The first-order valence-corrected chi connectivity index (χ1v) is 10.8. The predicted molar refractivity (Wildman–Crippen MR) is 115 cm³/mol. The second-order valence-electron chi connectivity index (χ2n) is 8.90. The molecule has 2 saturated heterocycles. The van der Waals surface area contributed by atoms with Gasteiger partial charge in [0.2, 0.25) is 0 Å². The first kappa shape index (κ1) is 22.6. The average Bonchev–Trinajstić information content (AvgIpc) is 2.91. The van der Waals surface area contributed by atoms with Gasteiger partial charge in [0.25, 0.3) is 5.91 Å². The van der Waals surface area contributed by atoms with Crippen molar-refractivity contribution in [3.8, 4) is 5.75 Å². The monoisotopic (exact) mass is 417 g/mol. The third kappa shape index (κ3) is 4.32. The lowest BCUT2D eigenvalue weighted by Crippen LogP contribution is -2.58. The number of nitrogens with zero attached hydrogens (tertiary/aromatic N) is 3. The molecular weight excluding hydrogens is 382 g/mol. The summed E-state index contributed by atoms with van der Waals surface area (Å²) in [5.74, 6) is 1.00. The molecule has 2 heterocycles. The number of likely N-dealkylation sites (tertiary alicyclic amines) is 1. The lowest BCUT2D eigenvalue weighted by atomic mass is 9.84. The van der Waals surface area contributed by atoms with E-state index in [4.69, 9.17) is 9.47 Å². The SMILES string of the molecule is COCC(C)N1CCC2(CC1)C(=O)N(Cc1ccc(OC)cc1)C(=O)N2CC(C)C. The fourth-order valence-corrected chi connectivity index (χ4v) is 4.62. The van der Waals surface area contributed by atoms with Crippen LogP contribution >= 0.6 is 0 Å². The number of amides is 3. The van der Waals surface area contributed by atoms with Gasteiger partial charge in [0, 0.05) is 32.8 Å². The van der Waals surface area contributed by atoms with E-state index in [0.717, 1.165) is 24.4 Å². The molecule has 7 heteroatoms. The van der Waals surface area contributed by atoms with Crippen LogP contribution in [0.3, 0.4) is 0 Å². The number of imide groups is 1. The molecule has 166 valence electrons. The Morgan fingerprint density at radius 1 is 1.03 bits per heavy atom. The molecule has 2 aliphatic rings. The van der Waals surface area contributed by atoms with Gasteiger partial charge in [-0.1, -0.05) is 26.0 Å². The van der Waals surface area contributed by atoms with E-state index in [9.17, 15) is 9.59 Å². The van der Waals surface area contributed by atoms with Gasteiger partial charge in [-0.2, -0.15) is 0 Å². The van der Waals surface area contributed by atoms with Crippen molar-refractivity contribution < 1.29 is 19.1 Å². The molecule has 0 aromatic heterocycles. The number of carbonyl (C=O) groups is 2. The minimum atomic E-state index is -0.725. The van der Waals surface area contributed by atoms with Gasteiger partial charge >= 0.3 is 6.03 Å². The van der Waals surface area contributed by atoms with Gasteiger partial charge in [0.05, 0.1) is 20.3 Å². The van der Waals surface area contributed by atoms with Crippen LogP contribution in [0.15, 0.2) is 24.3 Å². The maximum Gasteiger partial charge on any atom is 0.327 e. The molecule has 3 amide bonds. The number of benzene rings is 1. The number of methoxy groups -OCH3 is 2. The standard InChI is InChI=1S/C23H35N3O4/c1-17(2)14-26-22(28)25(15-19-6-8-20(30-5)9-7-19)21(27)23(26)10-12-24(13-11-23)18(3)16-29-4/h6-9,17-18H,10-16H2,1-5H3. The van der Waals surface area contributed by atoms with Crippen LogP contribution in [-0.4, -0.2) is 78.7 Å². The summed E-state index contributed by atoms with van der Waals surface area (Å²) in [6.07, 6.45) is 1.33. The van der Waals surface area contributed by atoms with E-state index in [0.29, 0.717) is 44.5 Å². The van der Waals surface area contributed by atoms with Gasteiger partial charge in [0.15, 0.2) is 0 Å². The second kappa shape index (κ2) is 9.35. The highest BCUT2D eigenvalue weighted by molar-refractivity contribution is 6.07. The lowest BCUT2D eigenvalue weighted by Gasteiger charge is -2.44. The van der Waals surface area contributed by atoms with E-state index in [1.54, 1.807) is 14.2 Å². The van der Waals surface area contributed by atoms with Crippen molar-refractivity contribution in [2.24, 2.45) is 5.92 Å². The molecule has 0 aliphatic carbocycles. The van der Waals surface area contributed by atoms with E-state index in [2.05, 4.69) is 25.7 Å². The third-order valence-electron chi connectivity index (χ3n) is 6.33. The van der Waals surface area contributed by atoms with Crippen LogP contribution in [0.2, 0.25) is 0 Å². The molecule has 3 rings (SSSR count). The first-order chi connectivity index (χ1) is 14.3. The highest BCUT2D eigenvalue weighted by Crippen LogP contribution is 2.39. The summed E-state index contributed by atoms with van der Waals surface area (Å²) in [6, 6.07) is 7.67. The zero-order valence-electron chi connectivity index (χ0n) is 18.9. The number of carbonyl (C=O) groups excluding carboxylic acids is 2. The summed E-state index contributed by atoms with van der Waals surface area (Å²) in [5.41, 5.74) is 0.196. The molecule has 7 nitrogen and oxygen atoms in total. The minimum Gasteiger partial charge on any atom is -0.497 e. The second-order valence-corrected chi connectivity index (χ2v) is 8.90. The first-order valence-electron chi connectivity index (χ1n) is 10.8. The Balaban J connectivity index is 1.81. The highest BCUT2D eigenvalue weighted by Gasteiger charge is 2.57. The normalized spacial score (nSPS) is 20.5. The maximum atomic E-state index is 13.6. The van der Waals surface area contributed by atoms with Crippen LogP contribution in [0.5, 0.6) is 5.75 Å². The number of piperidine rings is 1. The van der Waals surface area contributed by atoms with Gasteiger partial charge in [-0.3, -0.25) is 14.6 Å². The summed E-state index contributed by atoms with van der Waals surface area (Å²) < 4.78 is 10.5. The van der Waals surface area contributed by atoms with E-state index in [1.807, 2.05) is 29.2 Å². The van der Waals surface area contributed by atoms with E-state index in [1.165, 1.54) is 4.90 Å². The average molecular weight is 418 g/mol. The Kier molecular flexibility index (Phi) is 7.03. The molecule has 30 heavy (non-hydrogen) atoms. The Morgan fingerprint density at radius 2 is 1.67 bits per heavy atom. The van der Waals surface area contributed by atoms with E-state index >= 15 is 0 Å². The van der Waals surface area contributed by atoms with Crippen molar-refractivity contribution >= 4 is 11.9 Å². The van der Waals surface area contributed by atoms with Gasteiger partial charge < -0.3 is 14.4 Å². The molecule has 0 saturated carbocycles. The molecule has 2 aliphatic heterocycles. The molecule has 1 aromatic carbocycles. The Labute approximate surface area is 179 Å². The topological polar surface area (TPSA) is 62.3 Å². The van der Waals surface area contributed by atoms with E-state index in [-0.39, 0.29) is 11.9 Å². The van der Waals surface area contributed by atoms with Crippen LogP contribution < -0.4 is 4.74 Å². The fraction of sp³-hybridized carbons (Fsp3) is 0.652. The molecule has 1 atom stereocenters. The highest BCUT2D eigenvalue weighted by atomic mass is 16.5. The van der Waals surface area contributed by atoms with E-state index < -0.39 is 5.54 Å². The lowest BCUT2D eigenvalue weighted by molar-refractivity contribution is -0.136. The quantitative estimate of drug-likeness (QED) is 0.609. The zero-order valence-corrected chi connectivity index (χ0v) is 18.9. The predicted octanol–water partition coefficient (Wildman–Crippen LogP) is 2.98. The van der Waals surface area contributed by atoms with Crippen molar-refractivity contribution in [1.82, 2.24) is 14.7 Å². The smallest absolute Gasteiger partial charge is 0.327 e. The minimum absolute atomic E-state index is 0.0528. The van der Waals surface area contributed by atoms with Gasteiger partial charge in [-0.25, -0.2) is 4.79 Å². The molecule has 2 fully saturated rings. The van der Waals surface area contributed by atoms with Crippen molar-refractivity contribution in [3.05, 3.63) is 29.8 Å². The molecular formula is C23H35N3O4. The number of urea groups is 1. The molecule has 1 unspecified atom stereocenters. The summed E-state index contributed by atoms with van der Waals surface area (Å²) in [5, 5.41) is 0. The van der Waals surface area contributed by atoms with Crippen molar-refractivity contribution in [2.75, 3.05) is 40.5 Å². The molecule has 0 radical (unpaired) electrons. The van der Waals surface area contributed by atoms with Crippen molar-refractivity contribution in [3.63, 3.8) is 0 Å². The molecule has 0 N–H and O–H groups in total. The van der Waals surface area contributed by atoms with Crippen LogP contribution in [0, 0.1) is 5.92 Å². The number of ether oxygens (including phenoxy) is 2. The summed E-state index contributed by atoms with van der Waals surface area (Å²) >= 11 is 0. The molecule has 0 bridgehead atoms. The van der Waals surface area contributed by atoms with Crippen molar-refractivity contribution in [2.45, 2.75) is 51.7 Å². The van der Waals surface area contributed by atoms with Gasteiger partial charge in [0.1, 0.15) is 11.3 Å². The Bertz CT molecular complexity index is 741. The van der Waals surface area contributed by atoms with Gasteiger partial charge in [-0.15, -0.1) is 0 Å². The van der Waals surface area contributed by atoms with Crippen LogP contribution in [0.4, 0.5) is 4.79 Å². The van der Waals surface area contributed by atoms with Crippen LogP contribution in [-0.2, 0) is 16.1 Å². The van der Waals surface area contributed by atoms with Crippen LogP contribution in [0.25, 0.3) is 0 Å². The number of hydrogen-bond acceptors (Lipinski definition) is 5. The Hall–Kier alpha value is -2.12. The number of hydrogen-bond donors (Lipinski definition) is 0. The third-order valence-corrected chi connectivity index (χ3v) is 6.33.